The van der Waals surface area contributed by atoms with Gasteiger partial charge in [-0.25, -0.2) is 8.42 Å². The summed E-state index contributed by atoms with van der Waals surface area (Å²) in [6.07, 6.45) is 0.857. The van der Waals surface area contributed by atoms with Crippen molar-refractivity contribution in [1.82, 2.24) is 4.31 Å². The SMILES string of the molecule is Cc1ccc(S(=O)(=O)N2CN3c4ccccc4CC3C2c2ccccc2)cc1. The van der Waals surface area contributed by atoms with Crippen LogP contribution in [0.3, 0.4) is 0 Å². The Kier molecular flexibility index (Phi) is 4.03. The van der Waals surface area contributed by atoms with E-state index in [0.29, 0.717) is 11.6 Å². The Hall–Kier alpha value is -2.63. The van der Waals surface area contributed by atoms with Crippen molar-refractivity contribution in [3.05, 3.63) is 95.6 Å². The zero-order valence-corrected chi connectivity index (χ0v) is 16.5. The first-order chi connectivity index (χ1) is 13.6. The van der Waals surface area contributed by atoms with Crippen molar-refractivity contribution in [1.29, 1.82) is 0 Å². The summed E-state index contributed by atoms with van der Waals surface area (Å²) in [4.78, 5) is 2.60. The van der Waals surface area contributed by atoms with E-state index >= 15 is 0 Å². The minimum absolute atomic E-state index is 0.111. The van der Waals surface area contributed by atoms with Crippen LogP contribution in [-0.4, -0.2) is 25.4 Å². The number of anilines is 1. The van der Waals surface area contributed by atoms with Gasteiger partial charge < -0.3 is 4.90 Å². The van der Waals surface area contributed by atoms with Gasteiger partial charge in [-0.15, -0.1) is 0 Å². The number of nitrogens with zero attached hydrogens (tertiary/aromatic N) is 2. The van der Waals surface area contributed by atoms with Crippen molar-refractivity contribution in [2.45, 2.75) is 30.3 Å². The predicted octanol–water partition coefficient (Wildman–Crippen LogP) is 4.13. The molecule has 0 radical (unpaired) electrons. The number of benzene rings is 3. The summed E-state index contributed by atoms with van der Waals surface area (Å²) in [5.41, 5.74) is 4.53. The fourth-order valence-electron chi connectivity index (χ4n) is 4.48. The van der Waals surface area contributed by atoms with Gasteiger partial charge in [-0.05, 0) is 42.7 Å². The van der Waals surface area contributed by atoms with Gasteiger partial charge >= 0.3 is 0 Å². The third-order valence-corrected chi connectivity index (χ3v) is 7.69. The normalized spacial score (nSPS) is 21.5. The molecule has 0 aliphatic carbocycles. The number of sulfonamides is 1. The van der Waals surface area contributed by atoms with Crippen LogP contribution < -0.4 is 4.90 Å². The Balaban J connectivity index is 1.62. The van der Waals surface area contributed by atoms with Crippen LogP contribution in [0.1, 0.15) is 22.7 Å². The molecule has 1 saturated heterocycles. The molecule has 0 saturated carbocycles. The molecular weight excluding hydrogens is 368 g/mol. The highest BCUT2D eigenvalue weighted by atomic mass is 32.2. The fourth-order valence-corrected chi connectivity index (χ4v) is 6.07. The molecule has 0 bridgehead atoms. The monoisotopic (exact) mass is 390 g/mol. The molecule has 2 aliphatic rings. The van der Waals surface area contributed by atoms with Crippen LogP contribution >= 0.6 is 0 Å². The largest absolute Gasteiger partial charge is 0.352 e. The lowest BCUT2D eigenvalue weighted by Crippen LogP contribution is -2.34. The zero-order chi connectivity index (χ0) is 19.3. The molecule has 3 aromatic rings. The summed E-state index contributed by atoms with van der Waals surface area (Å²) in [5.74, 6) is 0. The number of hydrogen-bond donors (Lipinski definition) is 0. The first-order valence-corrected chi connectivity index (χ1v) is 11.0. The Bertz CT molecular complexity index is 1110. The van der Waals surface area contributed by atoms with E-state index in [1.807, 2.05) is 55.5 Å². The molecule has 2 aliphatic heterocycles. The van der Waals surface area contributed by atoms with E-state index in [-0.39, 0.29) is 12.1 Å². The quantitative estimate of drug-likeness (QED) is 0.675. The van der Waals surface area contributed by atoms with E-state index in [1.54, 1.807) is 16.4 Å². The summed E-state index contributed by atoms with van der Waals surface area (Å²) < 4.78 is 28.8. The number of rotatable bonds is 3. The Morgan fingerprint density at radius 2 is 1.54 bits per heavy atom. The van der Waals surface area contributed by atoms with E-state index in [2.05, 4.69) is 23.1 Å². The molecule has 4 nitrogen and oxygen atoms in total. The van der Waals surface area contributed by atoms with Gasteiger partial charge in [-0.1, -0.05) is 66.2 Å². The van der Waals surface area contributed by atoms with Gasteiger partial charge in [-0.3, -0.25) is 0 Å². The fraction of sp³-hybridized carbons (Fsp3) is 0.217. The average molecular weight is 391 g/mol. The lowest BCUT2D eigenvalue weighted by Gasteiger charge is -2.26. The molecule has 28 heavy (non-hydrogen) atoms. The number of hydrogen-bond acceptors (Lipinski definition) is 3. The van der Waals surface area contributed by atoms with Gasteiger partial charge in [0.05, 0.1) is 23.6 Å². The maximum Gasteiger partial charge on any atom is 0.245 e. The van der Waals surface area contributed by atoms with Crippen LogP contribution in [0.15, 0.2) is 83.8 Å². The predicted molar refractivity (Wildman–Crippen MR) is 111 cm³/mol. The van der Waals surface area contributed by atoms with Crippen LogP contribution in [0.4, 0.5) is 5.69 Å². The second-order valence-corrected chi connectivity index (χ2v) is 9.46. The van der Waals surface area contributed by atoms with Crippen molar-refractivity contribution in [3.63, 3.8) is 0 Å². The third kappa shape index (κ3) is 2.65. The van der Waals surface area contributed by atoms with Crippen LogP contribution in [0.5, 0.6) is 0 Å². The van der Waals surface area contributed by atoms with E-state index in [1.165, 1.54) is 5.56 Å². The van der Waals surface area contributed by atoms with E-state index in [0.717, 1.165) is 23.2 Å². The van der Waals surface area contributed by atoms with Crippen LogP contribution in [0.2, 0.25) is 0 Å². The van der Waals surface area contributed by atoms with Gasteiger partial charge in [0.25, 0.3) is 0 Å². The van der Waals surface area contributed by atoms with E-state index in [9.17, 15) is 8.42 Å². The number of aryl methyl sites for hydroxylation is 1. The van der Waals surface area contributed by atoms with E-state index < -0.39 is 10.0 Å². The van der Waals surface area contributed by atoms with Gasteiger partial charge in [-0.2, -0.15) is 4.31 Å². The molecule has 0 amide bonds. The van der Waals surface area contributed by atoms with Crippen molar-refractivity contribution < 1.29 is 8.42 Å². The Morgan fingerprint density at radius 1 is 0.857 bits per heavy atom. The van der Waals surface area contributed by atoms with Gasteiger partial charge in [0.2, 0.25) is 10.0 Å². The molecule has 1 fully saturated rings. The average Bonchev–Trinajstić information content (AvgIpc) is 3.25. The molecule has 3 aromatic carbocycles. The molecule has 5 heteroatoms. The van der Waals surface area contributed by atoms with Crippen molar-refractivity contribution in [2.24, 2.45) is 0 Å². The molecule has 0 aromatic heterocycles. The van der Waals surface area contributed by atoms with Gasteiger partial charge in [0.15, 0.2) is 0 Å². The van der Waals surface area contributed by atoms with E-state index in [4.69, 9.17) is 0 Å². The minimum Gasteiger partial charge on any atom is -0.352 e. The summed E-state index contributed by atoms with van der Waals surface area (Å²) in [5, 5.41) is 0. The van der Waals surface area contributed by atoms with Gasteiger partial charge in [0, 0.05) is 5.69 Å². The topological polar surface area (TPSA) is 40.6 Å². The lowest BCUT2D eigenvalue weighted by molar-refractivity contribution is 0.377. The first kappa shape index (κ1) is 17.5. The molecule has 0 spiro atoms. The molecule has 2 heterocycles. The summed E-state index contributed by atoms with van der Waals surface area (Å²) in [7, 11) is -3.61. The standard InChI is InChI=1S/C23H22N2O2S/c1-17-11-13-20(14-12-17)28(26,27)25-16-24-21-10-6-5-9-19(21)15-22(24)23(25)18-7-3-2-4-8-18/h2-14,22-23H,15-16H2,1H3. The molecular formula is C23H22N2O2S. The van der Waals surface area contributed by atoms with Crippen LogP contribution in [0, 0.1) is 6.92 Å². The Labute approximate surface area is 166 Å². The molecule has 2 unspecified atom stereocenters. The smallest absolute Gasteiger partial charge is 0.245 e. The van der Waals surface area contributed by atoms with Crippen molar-refractivity contribution in [2.75, 3.05) is 11.6 Å². The first-order valence-electron chi connectivity index (χ1n) is 9.54. The second-order valence-electron chi connectivity index (χ2n) is 7.57. The maximum atomic E-state index is 13.6. The summed E-state index contributed by atoms with van der Waals surface area (Å²) >= 11 is 0. The van der Waals surface area contributed by atoms with Crippen molar-refractivity contribution in [3.8, 4) is 0 Å². The third-order valence-electron chi connectivity index (χ3n) is 5.87. The molecule has 2 atom stereocenters. The molecule has 142 valence electrons. The molecule has 5 rings (SSSR count). The Morgan fingerprint density at radius 3 is 2.29 bits per heavy atom. The van der Waals surface area contributed by atoms with Crippen LogP contribution in [0.25, 0.3) is 0 Å². The summed E-state index contributed by atoms with van der Waals surface area (Å²) in [6.45, 7) is 2.34. The lowest BCUT2D eigenvalue weighted by atomic mass is 9.97. The highest BCUT2D eigenvalue weighted by Crippen LogP contribution is 2.46. The van der Waals surface area contributed by atoms with Gasteiger partial charge in [0.1, 0.15) is 0 Å². The second kappa shape index (κ2) is 6.47. The highest BCUT2D eigenvalue weighted by Gasteiger charge is 2.49. The minimum atomic E-state index is -3.61. The summed E-state index contributed by atoms with van der Waals surface area (Å²) in [6, 6.07) is 25.4. The highest BCUT2D eigenvalue weighted by molar-refractivity contribution is 7.89. The van der Waals surface area contributed by atoms with Crippen molar-refractivity contribution >= 4 is 15.7 Å². The van der Waals surface area contributed by atoms with Crippen LogP contribution in [-0.2, 0) is 16.4 Å². The maximum absolute atomic E-state index is 13.6. The zero-order valence-electron chi connectivity index (χ0n) is 15.7. The molecule has 0 N–H and O–H groups in total. The number of fused-ring (bicyclic) bond motifs is 3. The number of para-hydroxylation sites is 1.